The summed E-state index contributed by atoms with van der Waals surface area (Å²) in [6.07, 6.45) is -0.0892. The van der Waals surface area contributed by atoms with Crippen LogP contribution in [0.5, 0.6) is 0 Å². The molecule has 1 heterocycles. The van der Waals surface area contributed by atoms with Crippen molar-refractivity contribution >= 4 is 34.6 Å². The van der Waals surface area contributed by atoms with E-state index in [1.165, 1.54) is 7.11 Å². The molecule has 1 saturated heterocycles. The maximum atomic E-state index is 12.1. The number of esters is 1. The molecular formula is C13H13NO4S. The molecule has 0 aliphatic carbocycles. The minimum Gasteiger partial charge on any atom is -0.469 e. The molecule has 1 fully saturated rings. The van der Waals surface area contributed by atoms with Gasteiger partial charge >= 0.3 is 5.97 Å². The number of thioether (sulfide) groups is 1. The zero-order valence-electron chi connectivity index (χ0n) is 10.6. The summed E-state index contributed by atoms with van der Waals surface area (Å²) in [4.78, 5) is 36.3. The Bertz CT molecular complexity index is 526. The minimum atomic E-state index is -0.693. The molecule has 5 nitrogen and oxygen atoms in total. The molecule has 0 radical (unpaired) electrons. The van der Waals surface area contributed by atoms with E-state index in [1.807, 2.05) is 19.1 Å². The van der Waals surface area contributed by atoms with Crippen LogP contribution in [0.15, 0.2) is 24.3 Å². The highest BCUT2D eigenvalue weighted by Gasteiger charge is 2.41. The van der Waals surface area contributed by atoms with Crippen LogP contribution >= 0.6 is 11.8 Å². The normalized spacial score (nSPS) is 18.8. The quantitative estimate of drug-likeness (QED) is 0.793. The molecule has 0 spiro atoms. The minimum absolute atomic E-state index is 0.0892. The van der Waals surface area contributed by atoms with Gasteiger partial charge in [-0.3, -0.25) is 14.4 Å². The van der Waals surface area contributed by atoms with Crippen molar-refractivity contribution in [1.82, 2.24) is 0 Å². The first-order valence-electron chi connectivity index (χ1n) is 5.71. The van der Waals surface area contributed by atoms with Crippen molar-refractivity contribution in [3.63, 3.8) is 0 Å². The van der Waals surface area contributed by atoms with Crippen LogP contribution in [-0.4, -0.2) is 29.5 Å². The Kier molecular flexibility index (Phi) is 3.90. The number of hydrogen-bond acceptors (Lipinski definition) is 5. The Balaban J connectivity index is 2.19. The second-order valence-corrected chi connectivity index (χ2v) is 5.32. The fourth-order valence-electron chi connectivity index (χ4n) is 1.75. The van der Waals surface area contributed by atoms with Crippen molar-refractivity contribution in [3.05, 3.63) is 29.8 Å². The van der Waals surface area contributed by atoms with E-state index in [2.05, 4.69) is 4.74 Å². The van der Waals surface area contributed by atoms with E-state index >= 15 is 0 Å². The first-order chi connectivity index (χ1) is 9.02. The number of aryl methyl sites for hydroxylation is 1. The monoisotopic (exact) mass is 279 g/mol. The lowest BCUT2D eigenvalue weighted by molar-refractivity contribution is -0.141. The summed E-state index contributed by atoms with van der Waals surface area (Å²) >= 11 is 0.861. The molecule has 1 unspecified atom stereocenters. The van der Waals surface area contributed by atoms with Crippen LogP contribution in [0.2, 0.25) is 0 Å². The molecule has 6 heteroatoms. The van der Waals surface area contributed by atoms with E-state index in [-0.39, 0.29) is 17.6 Å². The number of carbonyl (C=O) groups excluding carboxylic acids is 3. The molecular weight excluding hydrogens is 266 g/mol. The average molecular weight is 279 g/mol. The third-order valence-electron chi connectivity index (χ3n) is 2.79. The van der Waals surface area contributed by atoms with Crippen LogP contribution in [0.4, 0.5) is 10.5 Å². The largest absolute Gasteiger partial charge is 0.469 e. The summed E-state index contributed by atoms with van der Waals surface area (Å²) in [6.45, 7) is 1.92. The Morgan fingerprint density at radius 2 is 1.95 bits per heavy atom. The van der Waals surface area contributed by atoms with Gasteiger partial charge in [0.05, 0.1) is 19.2 Å². The second-order valence-electron chi connectivity index (χ2n) is 4.16. The zero-order valence-corrected chi connectivity index (χ0v) is 11.4. The van der Waals surface area contributed by atoms with Gasteiger partial charge in [-0.25, -0.2) is 4.90 Å². The van der Waals surface area contributed by atoms with Gasteiger partial charge in [-0.15, -0.1) is 0 Å². The van der Waals surface area contributed by atoms with Crippen molar-refractivity contribution in [3.8, 4) is 0 Å². The number of hydrogen-bond donors (Lipinski definition) is 0. The van der Waals surface area contributed by atoms with E-state index in [0.29, 0.717) is 5.69 Å². The van der Waals surface area contributed by atoms with Gasteiger partial charge in [0.25, 0.3) is 5.24 Å². The van der Waals surface area contributed by atoms with E-state index < -0.39 is 11.2 Å². The lowest BCUT2D eigenvalue weighted by atomic mass is 10.2. The molecule has 1 aromatic carbocycles. The molecule has 0 N–H and O–H groups in total. The summed E-state index contributed by atoms with van der Waals surface area (Å²) in [7, 11) is 1.26. The number of nitrogens with zero attached hydrogens (tertiary/aromatic N) is 1. The van der Waals surface area contributed by atoms with Gasteiger partial charge in [-0.05, 0) is 30.8 Å². The molecule has 19 heavy (non-hydrogen) atoms. The third kappa shape index (κ3) is 2.78. The van der Waals surface area contributed by atoms with Gasteiger partial charge < -0.3 is 4.74 Å². The van der Waals surface area contributed by atoms with Crippen molar-refractivity contribution in [2.75, 3.05) is 12.0 Å². The SMILES string of the molecule is COC(=O)CC1SC(=O)N(c2ccc(C)cc2)C1=O. The summed E-state index contributed by atoms with van der Waals surface area (Å²) in [5, 5.41) is -1.05. The van der Waals surface area contributed by atoms with Crippen LogP contribution in [-0.2, 0) is 14.3 Å². The number of methoxy groups -OCH3 is 1. The maximum absolute atomic E-state index is 12.1. The molecule has 1 atom stereocenters. The number of carbonyl (C=O) groups is 3. The first kappa shape index (κ1) is 13.6. The fourth-order valence-corrected chi connectivity index (χ4v) is 2.72. The lowest BCUT2D eigenvalue weighted by Crippen LogP contribution is -2.32. The molecule has 2 amide bonds. The fraction of sp³-hybridized carbons (Fsp3) is 0.308. The van der Waals surface area contributed by atoms with Crippen LogP contribution in [0.3, 0.4) is 0 Å². The van der Waals surface area contributed by atoms with E-state index in [9.17, 15) is 14.4 Å². The van der Waals surface area contributed by atoms with E-state index in [0.717, 1.165) is 22.2 Å². The van der Waals surface area contributed by atoms with Crippen molar-refractivity contribution in [2.24, 2.45) is 0 Å². The van der Waals surface area contributed by atoms with Gasteiger partial charge in [0.2, 0.25) is 5.91 Å². The summed E-state index contributed by atoms with van der Waals surface area (Å²) in [5.74, 6) is -0.867. The third-order valence-corrected chi connectivity index (χ3v) is 3.83. The summed E-state index contributed by atoms with van der Waals surface area (Å²) in [5.41, 5.74) is 1.57. The van der Waals surface area contributed by atoms with E-state index in [1.54, 1.807) is 12.1 Å². The maximum Gasteiger partial charge on any atom is 0.307 e. The highest BCUT2D eigenvalue weighted by atomic mass is 32.2. The molecule has 0 bridgehead atoms. The highest BCUT2D eigenvalue weighted by Crippen LogP contribution is 2.33. The molecule has 2 rings (SSSR count). The molecule has 1 aliphatic heterocycles. The molecule has 100 valence electrons. The van der Waals surface area contributed by atoms with Gasteiger partial charge in [0.15, 0.2) is 0 Å². The number of benzene rings is 1. The number of anilines is 1. The zero-order chi connectivity index (χ0) is 14.0. The Labute approximate surface area is 114 Å². The Morgan fingerprint density at radius 1 is 1.32 bits per heavy atom. The van der Waals surface area contributed by atoms with Gasteiger partial charge in [0.1, 0.15) is 5.25 Å². The van der Waals surface area contributed by atoms with Crippen molar-refractivity contribution in [1.29, 1.82) is 0 Å². The predicted molar refractivity (Wildman–Crippen MR) is 72.1 cm³/mol. The molecule has 1 aliphatic rings. The van der Waals surface area contributed by atoms with E-state index in [4.69, 9.17) is 0 Å². The summed E-state index contributed by atoms with van der Waals surface area (Å²) in [6, 6.07) is 7.08. The summed E-state index contributed by atoms with van der Waals surface area (Å²) < 4.78 is 4.52. The van der Waals surface area contributed by atoms with Gasteiger partial charge in [-0.2, -0.15) is 0 Å². The predicted octanol–water partition coefficient (Wildman–Crippen LogP) is 2.13. The highest BCUT2D eigenvalue weighted by molar-refractivity contribution is 8.15. The average Bonchev–Trinajstić information content (AvgIpc) is 2.66. The Morgan fingerprint density at radius 3 is 2.53 bits per heavy atom. The molecule has 0 saturated carbocycles. The topological polar surface area (TPSA) is 63.7 Å². The van der Waals surface area contributed by atoms with Crippen LogP contribution in [0.1, 0.15) is 12.0 Å². The van der Waals surface area contributed by atoms with Gasteiger partial charge in [-0.1, -0.05) is 17.7 Å². The number of amides is 2. The standard InChI is InChI=1S/C13H13NO4S/c1-8-3-5-9(6-4-8)14-12(16)10(19-13(14)17)7-11(15)18-2/h3-6,10H,7H2,1-2H3. The molecule has 0 aromatic heterocycles. The smallest absolute Gasteiger partial charge is 0.307 e. The number of ether oxygens (including phenoxy) is 1. The Hall–Kier alpha value is -1.82. The van der Waals surface area contributed by atoms with Crippen molar-refractivity contribution < 1.29 is 19.1 Å². The van der Waals surface area contributed by atoms with Crippen LogP contribution < -0.4 is 4.90 Å². The molecule has 1 aromatic rings. The van der Waals surface area contributed by atoms with Crippen LogP contribution in [0.25, 0.3) is 0 Å². The number of imide groups is 1. The van der Waals surface area contributed by atoms with Gasteiger partial charge in [0, 0.05) is 0 Å². The lowest BCUT2D eigenvalue weighted by Gasteiger charge is -2.13. The second kappa shape index (κ2) is 5.44. The van der Waals surface area contributed by atoms with Crippen molar-refractivity contribution in [2.45, 2.75) is 18.6 Å². The number of rotatable bonds is 3. The first-order valence-corrected chi connectivity index (χ1v) is 6.59. The van der Waals surface area contributed by atoms with Crippen LogP contribution in [0, 0.1) is 6.92 Å².